The van der Waals surface area contributed by atoms with E-state index in [1.807, 2.05) is 30.3 Å². The maximum atomic E-state index is 12.1. The summed E-state index contributed by atoms with van der Waals surface area (Å²) in [5.74, 6) is -0.903. The Morgan fingerprint density at radius 2 is 1.80 bits per heavy atom. The third kappa shape index (κ3) is 4.39. The monoisotopic (exact) mass is 348 g/mol. The average Bonchev–Trinajstić information content (AvgIpc) is 2.64. The van der Waals surface area contributed by atoms with Crippen LogP contribution in [-0.2, 0) is 16.0 Å². The molecule has 2 N–H and O–H groups in total. The molecule has 6 nitrogen and oxygen atoms in total. The molecule has 2 saturated heterocycles. The maximum absolute atomic E-state index is 12.1. The fraction of sp³-hybridized carbons (Fsp3) is 0.632. The minimum Gasteiger partial charge on any atom is -0.481 e. The summed E-state index contributed by atoms with van der Waals surface area (Å²) in [6.07, 6.45) is 0.0468. The number of morpholine rings is 1. The van der Waals surface area contributed by atoms with E-state index in [0.717, 1.165) is 51.5 Å². The third-order valence-corrected chi connectivity index (χ3v) is 5.49. The van der Waals surface area contributed by atoms with Gasteiger partial charge in [-0.1, -0.05) is 30.3 Å². The van der Waals surface area contributed by atoms with Gasteiger partial charge in [-0.3, -0.25) is 9.69 Å². The first-order valence-electron chi connectivity index (χ1n) is 9.08. The second kappa shape index (κ2) is 8.27. The molecule has 138 valence electrons. The molecule has 1 unspecified atom stereocenters. The molecule has 0 radical (unpaired) electrons. The molecule has 2 aliphatic heterocycles. The molecule has 1 aromatic carbocycles. The van der Waals surface area contributed by atoms with Gasteiger partial charge in [0, 0.05) is 39.3 Å². The molecule has 6 heteroatoms. The number of hydrogen-bond donors (Lipinski definition) is 2. The molecule has 0 saturated carbocycles. The van der Waals surface area contributed by atoms with Crippen molar-refractivity contribution in [3.8, 4) is 0 Å². The Kier molecular flexibility index (Phi) is 6.06. The Balaban J connectivity index is 1.66. The summed E-state index contributed by atoms with van der Waals surface area (Å²) < 4.78 is 5.37. The highest BCUT2D eigenvalue weighted by Crippen LogP contribution is 2.34. The second-order valence-corrected chi connectivity index (χ2v) is 7.16. The standard InChI is InChI=1S/C19H28N2O4/c22-17-6-7-21(9-8-20-10-12-25-13-11-20)15-19(17,18(23)24)14-16-4-2-1-3-5-16/h1-5,17,22H,6-15H2,(H,23,24)/t17?,19-/m0/s1. The van der Waals surface area contributed by atoms with E-state index < -0.39 is 17.5 Å². The van der Waals surface area contributed by atoms with Gasteiger partial charge in [0.05, 0.1) is 19.3 Å². The molecular weight excluding hydrogens is 320 g/mol. The van der Waals surface area contributed by atoms with Gasteiger partial charge in [0.15, 0.2) is 0 Å². The summed E-state index contributed by atoms with van der Waals surface area (Å²) in [5.41, 5.74) is -0.177. The van der Waals surface area contributed by atoms with E-state index in [-0.39, 0.29) is 0 Å². The predicted molar refractivity (Wildman–Crippen MR) is 94.5 cm³/mol. The Bertz CT molecular complexity index is 562. The lowest BCUT2D eigenvalue weighted by atomic mass is 9.73. The summed E-state index contributed by atoms with van der Waals surface area (Å²) in [6, 6.07) is 9.61. The molecule has 2 fully saturated rings. The fourth-order valence-corrected chi connectivity index (χ4v) is 3.88. The van der Waals surface area contributed by atoms with Crippen molar-refractivity contribution in [1.82, 2.24) is 9.80 Å². The van der Waals surface area contributed by atoms with E-state index in [0.29, 0.717) is 19.4 Å². The van der Waals surface area contributed by atoms with Crippen molar-refractivity contribution in [1.29, 1.82) is 0 Å². The highest BCUT2D eigenvalue weighted by atomic mass is 16.5. The number of likely N-dealkylation sites (tertiary alicyclic amines) is 1. The lowest BCUT2D eigenvalue weighted by Gasteiger charge is -2.44. The van der Waals surface area contributed by atoms with Gasteiger partial charge in [-0.05, 0) is 18.4 Å². The first-order valence-corrected chi connectivity index (χ1v) is 9.08. The minimum atomic E-state index is -1.13. The molecule has 0 bridgehead atoms. The number of carbonyl (C=O) groups is 1. The number of aliphatic carboxylic acids is 1. The van der Waals surface area contributed by atoms with Crippen LogP contribution in [-0.4, -0.2) is 84.6 Å². The van der Waals surface area contributed by atoms with Gasteiger partial charge in [-0.15, -0.1) is 0 Å². The Hall–Kier alpha value is -1.47. The van der Waals surface area contributed by atoms with Crippen molar-refractivity contribution < 1.29 is 19.7 Å². The summed E-state index contributed by atoms with van der Waals surface area (Å²) in [5, 5.41) is 20.5. The largest absolute Gasteiger partial charge is 0.481 e. The van der Waals surface area contributed by atoms with Crippen LogP contribution >= 0.6 is 0 Å². The highest BCUT2D eigenvalue weighted by molar-refractivity contribution is 5.76. The predicted octanol–water partition coefficient (Wildman–Crippen LogP) is 0.699. The topological polar surface area (TPSA) is 73.2 Å². The van der Waals surface area contributed by atoms with E-state index in [9.17, 15) is 15.0 Å². The van der Waals surface area contributed by atoms with E-state index >= 15 is 0 Å². The Labute approximate surface area is 149 Å². The maximum Gasteiger partial charge on any atom is 0.313 e. The van der Waals surface area contributed by atoms with Gasteiger partial charge in [-0.25, -0.2) is 0 Å². The first kappa shape index (κ1) is 18.3. The summed E-state index contributed by atoms with van der Waals surface area (Å²) in [7, 11) is 0. The van der Waals surface area contributed by atoms with Crippen LogP contribution < -0.4 is 0 Å². The zero-order valence-corrected chi connectivity index (χ0v) is 14.6. The number of piperidine rings is 1. The van der Waals surface area contributed by atoms with Crippen molar-refractivity contribution >= 4 is 5.97 Å². The SMILES string of the molecule is O=C(O)[C@@]1(Cc2ccccc2)CN(CCN2CCOCC2)CCC1O. The summed E-state index contributed by atoms with van der Waals surface area (Å²) in [6.45, 7) is 6.29. The lowest BCUT2D eigenvalue weighted by molar-refractivity contribution is -0.163. The normalized spacial score (nSPS) is 28.8. The van der Waals surface area contributed by atoms with Crippen LogP contribution in [0.3, 0.4) is 0 Å². The zero-order chi connectivity index (χ0) is 17.7. The molecule has 0 amide bonds. The second-order valence-electron chi connectivity index (χ2n) is 7.16. The molecular formula is C19H28N2O4. The van der Waals surface area contributed by atoms with Crippen LogP contribution in [0.5, 0.6) is 0 Å². The number of hydrogen-bond acceptors (Lipinski definition) is 5. The number of aliphatic hydroxyl groups excluding tert-OH is 1. The molecule has 2 heterocycles. The van der Waals surface area contributed by atoms with Crippen LogP contribution in [0.25, 0.3) is 0 Å². The summed E-state index contributed by atoms with van der Waals surface area (Å²) in [4.78, 5) is 16.7. The van der Waals surface area contributed by atoms with E-state index in [4.69, 9.17) is 4.74 Å². The number of aliphatic hydroxyl groups is 1. The zero-order valence-electron chi connectivity index (χ0n) is 14.6. The van der Waals surface area contributed by atoms with Gasteiger partial charge in [0.2, 0.25) is 0 Å². The molecule has 2 atom stereocenters. The van der Waals surface area contributed by atoms with Gasteiger partial charge >= 0.3 is 5.97 Å². The molecule has 25 heavy (non-hydrogen) atoms. The molecule has 3 rings (SSSR count). The highest BCUT2D eigenvalue weighted by Gasteiger charge is 2.49. The van der Waals surface area contributed by atoms with Crippen LogP contribution in [0.15, 0.2) is 30.3 Å². The first-order chi connectivity index (χ1) is 12.1. The number of ether oxygens (including phenoxy) is 1. The van der Waals surface area contributed by atoms with E-state index in [2.05, 4.69) is 9.80 Å². The Morgan fingerprint density at radius 3 is 2.48 bits per heavy atom. The van der Waals surface area contributed by atoms with Crippen LogP contribution in [0.1, 0.15) is 12.0 Å². The van der Waals surface area contributed by atoms with Crippen LogP contribution in [0.4, 0.5) is 0 Å². The summed E-state index contributed by atoms with van der Waals surface area (Å²) >= 11 is 0. The minimum absolute atomic E-state index is 0.360. The molecule has 1 aromatic rings. The van der Waals surface area contributed by atoms with E-state index in [1.54, 1.807) is 0 Å². The van der Waals surface area contributed by atoms with Crippen molar-refractivity contribution in [2.45, 2.75) is 18.9 Å². The number of rotatable bonds is 6. The smallest absolute Gasteiger partial charge is 0.313 e. The van der Waals surface area contributed by atoms with Crippen molar-refractivity contribution in [2.24, 2.45) is 5.41 Å². The number of carboxylic acids is 1. The van der Waals surface area contributed by atoms with Crippen molar-refractivity contribution in [3.63, 3.8) is 0 Å². The van der Waals surface area contributed by atoms with Gasteiger partial charge < -0.3 is 19.8 Å². The average molecular weight is 348 g/mol. The van der Waals surface area contributed by atoms with Crippen LogP contribution in [0.2, 0.25) is 0 Å². The van der Waals surface area contributed by atoms with Crippen LogP contribution in [0, 0.1) is 5.41 Å². The van der Waals surface area contributed by atoms with Gasteiger partial charge in [0.1, 0.15) is 5.41 Å². The van der Waals surface area contributed by atoms with Crippen molar-refractivity contribution in [2.75, 3.05) is 52.5 Å². The Morgan fingerprint density at radius 1 is 1.12 bits per heavy atom. The van der Waals surface area contributed by atoms with Gasteiger partial charge in [-0.2, -0.15) is 0 Å². The van der Waals surface area contributed by atoms with Gasteiger partial charge in [0.25, 0.3) is 0 Å². The number of benzene rings is 1. The molecule has 2 aliphatic rings. The third-order valence-electron chi connectivity index (χ3n) is 5.49. The quantitative estimate of drug-likeness (QED) is 0.788. The van der Waals surface area contributed by atoms with Crippen molar-refractivity contribution in [3.05, 3.63) is 35.9 Å². The molecule has 0 aromatic heterocycles. The molecule has 0 aliphatic carbocycles. The number of nitrogens with zero attached hydrogens (tertiary/aromatic N) is 2. The fourth-order valence-electron chi connectivity index (χ4n) is 3.88. The molecule has 0 spiro atoms. The number of carboxylic acid groups (broad SMARTS) is 1. The lowest BCUT2D eigenvalue weighted by Crippen LogP contribution is -2.58. The van der Waals surface area contributed by atoms with E-state index in [1.165, 1.54) is 0 Å².